The molecule has 0 fully saturated rings. The maximum atomic E-state index is 12.8. The van der Waals surface area contributed by atoms with Crippen LogP contribution in [0.15, 0.2) is 34.0 Å². The van der Waals surface area contributed by atoms with E-state index >= 15 is 0 Å². The predicted molar refractivity (Wildman–Crippen MR) is 82.8 cm³/mol. The molecule has 0 aromatic carbocycles. The Labute approximate surface area is 134 Å². The molecule has 3 heterocycles. The summed E-state index contributed by atoms with van der Waals surface area (Å²) < 4.78 is 19.7. The number of aromatic nitrogens is 3. The molecule has 0 radical (unpaired) electrons. The molecule has 0 aliphatic heterocycles. The molecule has 3 aromatic rings. The van der Waals surface area contributed by atoms with Crippen molar-refractivity contribution < 1.29 is 13.7 Å². The van der Waals surface area contributed by atoms with E-state index in [0.717, 1.165) is 22.6 Å². The molecular weight excluding hydrogens is 321 g/mol. The van der Waals surface area contributed by atoms with Gasteiger partial charge in [-0.05, 0) is 19.1 Å². The zero-order valence-corrected chi connectivity index (χ0v) is 13.1. The molecule has 3 rings (SSSR count). The summed E-state index contributed by atoms with van der Waals surface area (Å²) in [6, 6.07) is 4.41. The average molecular weight is 333 g/mol. The lowest BCUT2D eigenvalue weighted by Gasteiger charge is -1.94. The Morgan fingerprint density at radius 3 is 3.00 bits per heavy atom. The van der Waals surface area contributed by atoms with Gasteiger partial charge in [0, 0.05) is 18.8 Å². The first-order chi connectivity index (χ1) is 11.0. The Morgan fingerprint density at radius 2 is 2.35 bits per heavy atom. The Hall–Kier alpha value is -2.81. The maximum Gasteiger partial charge on any atom is 0.293 e. The zero-order chi connectivity index (χ0) is 16.4. The normalized spacial score (nSPS) is 11.3. The van der Waals surface area contributed by atoms with Crippen molar-refractivity contribution >= 4 is 23.5 Å². The van der Waals surface area contributed by atoms with Crippen molar-refractivity contribution in [1.29, 1.82) is 0 Å². The van der Waals surface area contributed by atoms with Gasteiger partial charge in [0.1, 0.15) is 0 Å². The highest BCUT2D eigenvalue weighted by molar-refractivity contribution is 7.12. The minimum Gasteiger partial charge on any atom is -0.355 e. The van der Waals surface area contributed by atoms with Crippen LogP contribution in [0.5, 0.6) is 0 Å². The van der Waals surface area contributed by atoms with E-state index in [1.807, 2.05) is 14.0 Å². The second-order valence-corrected chi connectivity index (χ2v) is 5.75. The lowest BCUT2D eigenvalue weighted by Crippen LogP contribution is -2.17. The largest absolute Gasteiger partial charge is 0.355 e. The van der Waals surface area contributed by atoms with Crippen LogP contribution in [0.25, 0.3) is 11.3 Å². The zero-order valence-electron chi connectivity index (χ0n) is 12.3. The van der Waals surface area contributed by atoms with Crippen LogP contribution in [-0.4, -0.2) is 27.1 Å². The molecule has 23 heavy (non-hydrogen) atoms. The van der Waals surface area contributed by atoms with Crippen LogP contribution in [0.4, 0.5) is 4.39 Å². The molecule has 9 heteroatoms. The molecule has 0 unspecified atom stereocenters. The second kappa shape index (κ2) is 6.13. The lowest BCUT2D eigenvalue weighted by atomic mass is 10.2. The Bertz CT molecular complexity index is 880. The molecular formula is C14H12FN5O2S. The monoisotopic (exact) mass is 333 g/mol. The van der Waals surface area contributed by atoms with E-state index in [1.165, 1.54) is 18.3 Å². The van der Waals surface area contributed by atoms with Crippen molar-refractivity contribution in [3.05, 3.63) is 45.8 Å². The van der Waals surface area contributed by atoms with Crippen LogP contribution < -0.4 is 5.43 Å². The van der Waals surface area contributed by atoms with Crippen LogP contribution in [0.3, 0.4) is 0 Å². The molecule has 0 atom stereocenters. The molecule has 7 nitrogen and oxygen atoms in total. The predicted octanol–water partition coefficient (Wildman–Crippen LogP) is 2.35. The third-order valence-corrected chi connectivity index (χ3v) is 4.00. The van der Waals surface area contributed by atoms with Crippen molar-refractivity contribution in [2.45, 2.75) is 6.92 Å². The van der Waals surface area contributed by atoms with Gasteiger partial charge in [0.15, 0.2) is 16.6 Å². The molecule has 0 spiro atoms. The molecule has 0 saturated carbocycles. The van der Waals surface area contributed by atoms with Crippen molar-refractivity contribution in [3.8, 4) is 11.3 Å². The smallest absolute Gasteiger partial charge is 0.293 e. The highest BCUT2D eigenvalue weighted by atomic mass is 32.1. The molecule has 3 aromatic heterocycles. The summed E-state index contributed by atoms with van der Waals surface area (Å²) in [4.78, 5) is 12.5. The summed E-state index contributed by atoms with van der Waals surface area (Å²) in [7, 11) is 1.81. The first kappa shape index (κ1) is 15.1. The topological polar surface area (TPSA) is 85.3 Å². The van der Waals surface area contributed by atoms with E-state index in [1.54, 1.807) is 16.9 Å². The minimum atomic E-state index is -0.519. The first-order valence-electron chi connectivity index (χ1n) is 6.59. The fraction of sp³-hybridized carbons (Fsp3) is 0.143. The number of nitrogens with zero attached hydrogens (tertiary/aromatic N) is 4. The number of hydrazone groups is 1. The van der Waals surface area contributed by atoms with Gasteiger partial charge in [-0.1, -0.05) is 5.16 Å². The van der Waals surface area contributed by atoms with E-state index in [0.29, 0.717) is 10.6 Å². The Kier molecular flexibility index (Phi) is 4.02. The summed E-state index contributed by atoms with van der Waals surface area (Å²) in [5.41, 5.74) is 4.06. The molecule has 0 aliphatic rings. The van der Waals surface area contributed by atoms with Crippen LogP contribution in [0, 0.1) is 12.1 Å². The highest BCUT2D eigenvalue weighted by Gasteiger charge is 2.16. The Morgan fingerprint density at radius 1 is 1.52 bits per heavy atom. The van der Waals surface area contributed by atoms with Gasteiger partial charge in [-0.15, -0.1) is 11.3 Å². The standard InChI is InChI=1S/C14H12FN5O2S/c1-8-10(7-17-20(8)2)12-5-11(19-22-12)14(21)18-16-6-9-3-4-13(15)23-9/h3-7H,1-2H3,(H,18,21)/b16-6+. The van der Waals surface area contributed by atoms with Gasteiger partial charge in [0.2, 0.25) is 0 Å². The number of thiophene rings is 1. The van der Waals surface area contributed by atoms with Gasteiger partial charge in [-0.3, -0.25) is 9.48 Å². The van der Waals surface area contributed by atoms with E-state index < -0.39 is 5.91 Å². The van der Waals surface area contributed by atoms with Crippen LogP contribution in [0.1, 0.15) is 21.1 Å². The summed E-state index contributed by atoms with van der Waals surface area (Å²) in [5, 5.41) is 11.3. The van der Waals surface area contributed by atoms with E-state index in [4.69, 9.17) is 4.52 Å². The van der Waals surface area contributed by atoms with Gasteiger partial charge in [0.05, 0.1) is 22.9 Å². The van der Waals surface area contributed by atoms with Gasteiger partial charge < -0.3 is 4.52 Å². The second-order valence-electron chi connectivity index (χ2n) is 4.68. The van der Waals surface area contributed by atoms with Crippen LogP contribution in [0.2, 0.25) is 0 Å². The summed E-state index contributed by atoms with van der Waals surface area (Å²) in [6.45, 7) is 1.88. The maximum absolute atomic E-state index is 12.8. The molecule has 1 N–H and O–H groups in total. The summed E-state index contributed by atoms with van der Waals surface area (Å²) in [5.74, 6) is -0.0696. The number of aryl methyl sites for hydroxylation is 1. The molecule has 0 saturated heterocycles. The molecule has 118 valence electrons. The van der Waals surface area contributed by atoms with Crippen molar-refractivity contribution in [3.63, 3.8) is 0 Å². The third-order valence-electron chi connectivity index (χ3n) is 3.20. The van der Waals surface area contributed by atoms with Crippen molar-refractivity contribution in [1.82, 2.24) is 20.4 Å². The summed E-state index contributed by atoms with van der Waals surface area (Å²) >= 11 is 0.930. The van der Waals surface area contributed by atoms with E-state index in [9.17, 15) is 9.18 Å². The number of rotatable bonds is 4. The van der Waals surface area contributed by atoms with Gasteiger partial charge in [-0.25, -0.2) is 5.43 Å². The number of halogens is 1. The summed E-state index contributed by atoms with van der Waals surface area (Å²) in [6.07, 6.45) is 3.00. The van der Waals surface area contributed by atoms with Crippen LogP contribution >= 0.6 is 11.3 Å². The average Bonchev–Trinajstić information content (AvgIpc) is 3.22. The fourth-order valence-electron chi connectivity index (χ4n) is 1.86. The van der Waals surface area contributed by atoms with E-state index in [-0.39, 0.29) is 10.8 Å². The van der Waals surface area contributed by atoms with Gasteiger partial charge in [-0.2, -0.15) is 14.6 Å². The van der Waals surface area contributed by atoms with Gasteiger partial charge >= 0.3 is 0 Å². The first-order valence-corrected chi connectivity index (χ1v) is 7.40. The van der Waals surface area contributed by atoms with Crippen molar-refractivity contribution in [2.75, 3.05) is 0 Å². The molecule has 0 bridgehead atoms. The highest BCUT2D eigenvalue weighted by Crippen LogP contribution is 2.23. The number of nitrogens with one attached hydrogen (secondary N) is 1. The number of hydrogen-bond acceptors (Lipinski definition) is 6. The quantitative estimate of drug-likeness (QED) is 0.586. The van der Waals surface area contributed by atoms with Crippen LogP contribution in [-0.2, 0) is 7.05 Å². The minimum absolute atomic E-state index is 0.0952. The van der Waals surface area contributed by atoms with E-state index in [2.05, 4.69) is 20.8 Å². The number of carbonyl (C=O) groups excluding carboxylic acids is 1. The SMILES string of the molecule is Cc1c(-c2cc(C(=O)N/N=C/c3ccc(F)s3)no2)cnn1C. The number of amides is 1. The molecule has 1 amide bonds. The fourth-order valence-corrected chi connectivity index (χ4v) is 2.46. The van der Waals surface area contributed by atoms with Crippen molar-refractivity contribution in [2.24, 2.45) is 12.1 Å². The Balaban J connectivity index is 1.69. The molecule has 0 aliphatic carbocycles. The number of hydrogen-bond donors (Lipinski definition) is 1. The lowest BCUT2D eigenvalue weighted by molar-refractivity contribution is 0.0946. The van der Waals surface area contributed by atoms with Gasteiger partial charge in [0.25, 0.3) is 5.91 Å². The number of carbonyl (C=O) groups is 1. The third kappa shape index (κ3) is 3.19.